The van der Waals surface area contributed by atoms with E-state index in [0.29, 0.717) is 5.84 Å². The highest BCUT2D eigenvalue weighted by molar-refractivity contribution is 6.01. The van der Waals surface area contributed by atoms with Gasteiger partial charge in [0.15, 0.2) is 11.4 Å². The third-order valence-electron chi connectivity index (χ3n) is 2.71. The molecule has 1 amide bonds. The van der Waals surface area contributed by atoms with Crippen LogP contribution in [0.15, 0.2) is 29.5 Å². The molecule has 90 valence electrons. The van der Waals surface area contributed by atoms with Gasteiger partial charge in [-0.15, -0.1) is 0 Å². The Morgan fingerprint density at radius 3 is 2.82 bits per heavy atom. The molecule has 2 aliphatic rings. The van der Waals surface area contributed by atoms with E-state index in [1.807, 2.05) is 0 Å². The van der Waals surface area contributed by atoms with Gasteiger partial charge in [0.2, 0.25) is 0 Å². The summed E-state index contributed by atoms with van der Waals surface area (Å²) < 4.78 is 0. The molecule has 0 aliphatic carbocycles. The SMILES string of the molecule is CC(C)(C(=O)O)N1N=C2C=CC=CN2CC1=O. The monoisotopic (exact) mass is 235 g/mol. The lowest BCUT2D eigenvalue weighted by Crippen LogP contribution is -2.56. The Bertz CT molecular complexity index is 463. The summed E-state index contributed by atoms with van der Waals surface area (Å²) in [6, 6.07) is 0. The number of hydrazone groups is 1. The van der Waals surface area contributed by atoms with Gasteiger partial charge in [-0.05, 0) is 26.0 Å². The molecule has 0 fully saturated rings. The van der Waals surface area contributed by atoms with Gasteiger partial charge >= 0.3 is 5.97 Å². The molecule has 0 aromatic rings. The molecule has 0 bridgehead atoms. The average molecular weight is 235 g/mol. The fourth-order valence-corrected chi connectivity index (χ4v) is 1.59. The summed E-state index contributed by atoms with van der Waals surface area (Å²) in [5, 5.41) is 14.2. The van der Waals surface area contributed by atoms with Crippen LogP contribution in [0, 0.1) is 0 Å². The third-order valence-corrected chi connectivity index (χ3v) is 2.71. The zero-order chi connectivity index (χ0) is 12.6. The van der Waals surface area contributed by atoms with Crippen LogP contribution in [0.1, 0.15) is 13.8 Å². The molecular formula is C11H13N3O3. The number of hydrogen-bond donors (Lipinski definition) is 1. The molecule has 1 N–H and O–H groups in total. The van der Waals surface area contributed by atoms with Crippen LogP contribution < -0.4 is 0 Å². The van der Waals surface area contributed by atoms with Crippen LogP contribution in [0.5, 0.6) is 0 Å². The number of amidine groups is 1. The van der Waals surface area contributed by atoms with Crippen molar-refractivity contribution in [2.24, 2.45) is 5.10 Å². The molecule has 0 unspecified atom stereocenters. The van der Waals surface area contributed by atoms with Crippen LogP contribution >= 0.6 is 0 Å². The molecule has 0 spiro atoms. The van der Waals surface area contributed by atoms with Crippen LogP contribution in [0.4, 0.5) is 0 Å². The highest BCUT2D eigenvalue weighted by Crippen LogP contribution is 2.21. The quantitative estimate of drug-likeness (QED) is 0.751. The van der Waals surface area contributed by atoms with Gasteiger partial charge in [-0.2, -0.15) is 5.10 Å². The molecule has 2 aliphatic heterocycles. The van der Waals surface area contributed by atoms with Gasteiger partial charge in [-0.1, -0.05) is 6.08 Å². The molecule has 2 rings (SSSR count). The number of rotatable bonds is 2. The summed E-state index contributed by atoms with van der Waals surface area (Å²) in [4.78, 5) is 24.7. The maximum Gasteiger partial charge on any atom is 0.331 e. The first-order chi connectivity index (χ1) is 7.93. The minimum absolute atomic E-state index is 0.108. The van der Waals surface area contributed by atoms with Crippen molar-refractivity contribution in [1.82, 2.24) is 9.91 Å². The van der Waals surface area contributed by atoms with E-state index >= 15 is 0 Å². The standard InChI is InChI=1S/C11H13N3O3/c1-11(2,10(16)17)14-9(15)7-13-6-4-3-5-8(13)12-14/h3-6H,7H2,1-2H3,(H,16,17). The number of carboxylic acids is 1. The summed E-state index contributed by atoms with van der Waals surface area (Å²) in [7, 11) is 0. The molecule has 0 saturated heterocycles. The summed E-state index contributed by atoms with van der Waals surface area (Å²) >= 11 is 0. The van der Waals surface area contributed by atoms with Gasteiger partial charge in [-0.25, -0.2) is 9.80 Å². The van der Waals surface area contributed by atoms with Crippen molar-refractivity contribution in [2.75, 3.05) is 6.54 Å². The van der Waals surface area contributed by atoms with Crippen molar-refractivity contribution in [3.8, 4) is 0 Å². The first-order valence-electron chi connectivity index (χ1n) is 5.19. The van der Waals surface area contributed by atoms with Gasteiger partial charge in [0, 0.05) is 6.20 Å². The molecule has 17 heavy (non-hydrogen) atoms. The number of amides is 1. The maximum absolute atomic E-state index is 11.9. The van der Waals surface area contributed by atoms with Crippen molar-refractivity contribution in [3.05, 3.63) is 24.4 Å². The molecule has 0 radical (unpaired) electrons. The van der Waals surface area contributed by atoms with Crippen LogP contribution in [-0.2, 0) is 9.59 Å². The van der Waals surface area contributed by atoms with E-state index in [4.69, 9.17) is 5.11 Å². The number of carboxylic acid groups (broad SMARTS) is 1. The van der Waals surface area contributed by atoms with Crippen molar-refractivity contribution >= 4 is 17.7 Å². The number of hydrogen-bond acceptors (Lipinski definition) is 4. The Morgan fingerprint density at radius 1 is 1.47 bits per heavy atom. The lowest BCUT2D eigenvalue weighted by atomic mass is 10.0. The highest BCUT2D eigenvalue weighted by atomic mass is 16.4. The molecule has 2 heterocycles. The summed E-state index contributed by atoms with van der Waals surface area (Å²) in [6.07, 6.45) is 7.06. The molecule has 0 atom stereocenters. The third kappa shape index (κ3) is 1.82. The van der Waals surface area contributed by atoms with Crippen LogP contribution in [0.3, 0.4) is 0 Å². The summed E-state index contributed by atoms with van der Waals surface area (Å²) in [6.45, 7) is 3.01. The first-order valence-corrected chi connectivity index (χ1v) is 5.19. The number of allylic oxidation sites excluding steroid dienone is 2. The number of nitrogens with zero attached hydrogens (tertiary/aromatic N) is 3. The molecule has 6 nitrogen and oxygen atoms in total. The normalized spacial score (nSPS) is 19.2. The fraction of sp³-hybridized carbons (Fsp3) is 0.364. The summed E-state index contributed by atoms with van der Waals surface area (Å²) in [5.41, 5.74) is -1.34. The summed E-state index contributed by atoms with van der Waals surface area (Å²) in [5.74, 6) is -0.846. The van der Waals surface area contributed by atoms with Crippen LogP contribution in [-0.4, -0.2) is 44.8 Å². The number of fused-ring (bicyclic) bond motifs is 1. The van der Waals surface area contributed by atoms with Crippen molar-refractivity contribution in [3.63, 3.8) is 0 Å². The second-order valence-corrected chi connectivity index (χ2v) is 4.36. The van der Waals surface area contributed by atoms with E-state index in [1.165, 1.54) is 13.8 Å². The minimum Gasteiger partial charge on any atom is -0.479 e. The largest absolute Gasteiger partial charge is 0.479 e. The van der Waals surface area contributed by atoms with Gasteiger partial charge in [0.05, 0.1) is 0 Å². The molecule has 0 aromatic carbocycles. The second-order valence-electron chi connectivity index (χ2n) is 4.36. The van der Waals surface area contributed by atoms with Crippen molar-refractivity contribution in [1.29, 1.82) is 0 Å². The number of carbonyl (C=O) groups is 2. The van der Waals surface area contributed by atoms with Crippen LogP contribution in [0.25, 0.3) is 0 Å². The molecule has 0 aromatic heterocycles. The smallest absolute Gasteiger partial charge is 0.331 e. The Labute approximate surface area is 98.5 Å². The topological polar surface area (TPSA) is 73.2 Å². The van der Waals surface area contributed by atoms with E-state index in [9.17, 15) is 9.59 Å². The first kappa shape index (κ1) is 11.4. The minimum atomic E-state index is -1.34. The van der Waals surface area contributed by atoms with Gasteiger partial charge < -0.3 is 10.0 Å². The van der Waals surface area contributed by atoms with E-state index in [1.54, 1.807) is 29.3 Å². The molecular weight excluding hydrogens is 222 g/mol. The Balaban J connectivity index is 2.37. The molecule has 6 heteroatoms. The van der Waals surface area contributed by atoms with E-state index in [-0.39, 0.29) is 12.5 Å². The highest BCUT2D eigenvalue weighted by Gasteiger charge is 2.41. The average Bonchev–Trinajstić information content (AvgIpc) is 2.27. The maximum atomic E-state index is 11.9. The predicted octanol–water partition coefficient (Wildman–Crippen LogP) is 0.391. The van der Waals surface area contributed by atoms with Gasteiger partial charge in [0.1, 0.15) is 6.54 Å². The lowest BCUT2D eigenvalue weighted by molar-refractivity contribution is -0.157. The van der Waals surface area contributed by atoms with Crippen molar-refractivity contribution in [2.45, 2.75) is 19.4 Å². The molecule has 0 saturated carbocycles. The second kappa shape index (κ2) is 3.73. The Hall–Kier alpha value is -2.11. The predicted molar refractivity (Wildman–Crippen MR) is 61.0 cm³/mol. The van der Waals surface area contributed by atoms with Crippen molar-refractivity contribution < 1.29 is 14.7 Å². The Morgan fingerprint density at radius 2 is 2.18 bits per heavy atom. The zero-order valence-corrected chi connectivity index (χ0v) is 9.62. The number of aliphatic carboxylic acids is 1. The Kier molecular flexibility index (Phi) is 2.49. The fourth-order valence-electron chi connectivity index (χ4n) is 1.59. The van der Waals surface area contributed by atoms with Crippen LogP contribution in [0.2, 0.25) is 0 Å². The van der Waals surface area contributed by atoms with E-state index < -0.39 is 11.5 Å². The number of carbonyl (C=O) groups excluding carboxylic acids is 1. The zero-order valence-electron chi connectivity index (χ0n) is 9.62. The lowest BCUT2D eigenvalue weighted by Gasteiger charge is -2.37. The van der Waals surface area contributed by atoms with Gasteiger partial charge in [0.25, 0.3) is 5.91 Å². The van der Waals surface area contributed by atoms with Gasteiger partial charge in [-0.3, -0.25) is 4.79 Å². The van der Waals surface area contributed by atoms with E-state index in [0.717, 1.165) is 5.01 Å². The van der Waals surface area contributed by atoms with E-state index in [2.05, 4.69) is 5.10 Å².